The second-order valence-electron chi connectivity index (χ2n) is 7.88. The number of aryl methyl sites for hydroxylation is 1. The number of benzene rings is 3. The number of nitrogens with zero attached hydrogens (tertiary/aromatic N) is 1. The minimum absolute atomic E-state index is 0.0872. The molecule has 0 saturated carbocycles. The molecule has 1 amide bonds. The van der Waals surface area contributed by atoms with Gasteiger partial charge in [-0.05, 0) is 73.0 Å². The lowest BCUT2D eigenvalue weighted by Gasteiger charge is -2.17. The van der Waals surface area contributed by atoms with Gasteiger partial charge in [0.25, 0.3) is 5.91 Å². The Morgan fingerprint density at radius 1 is 1.08 bits per heavy atom. The largest absolute Gasteiger partial charge is 0.490 e. The maximum Gasteiger partial charge on any atom is 0.335 e. The molecule has 0 aliphatic carbocycles. The zero-order valence-electron chi connectivity index (χ0n) is 19.5. The summed E-state index contributed by atoms with van der Waals surface area (Å²) in [4.78, 5) is 26.5. The summed E-state index contributed by atoms with van der Waals surface area (Å²) in [5, 5.41) is 10.0. The van der Waals surface area contributed by atoms with Crippen LogP contribution in [0.2, 0.25) is 5.02 Å². The van der Waals surface area contributed by atoms with Crippen LogP contribution in [0.4, 0.5) is 5.69 Å². The second kappa shape index (κ2) is 11.2. The van der Waals surface area contributed by atoms with Crippen LogP contribution in [-0.4, -0.2) is 27.9 Å². The molecule has 0 spiro atoms. The van der Waals surface area contributed by atoms with E-state index >= 15 is 0 Å². The van der Waals surface area contributed by atoms with Gasteiger partial charge in [-0.25, -0.2) is 4.79 Å². The highest BCUT2D eigenvalue weighted by Crippen LogP contribution is 2.38. The van der Waals surface area contributed by atoms with E-state index in [1.54, 1.807) is 25.1 Å². The van der Waals surface area contributed by atoms with Crippen molar-refractivity contribution in [2.24, 2.45) is 0 Å². The van der Waals surface area contributed by atoms with E-state index in [-0.39, 0.29) is 11.5 Å². The summed E-state index contributed by atoms with van der Waals surface area (Å²) >= 11 is 12.6. The number of hydrogen-bond donors (Lipinski definition) is 1. The van der Waals surface area contributed by atoms with Crippen molar-refractivity contribution in [1.82, 2.24) is 0 Å². The van der Waals surface area contributed by atoms with Crippen molar-refractivity contribution in [2.45, 2.75) is 20.5 Å². The molecule has 36 heavy (non-hydrogen) atoms. The van der Waals surface area contributed by atoms with Crippen LogP contribution in [0.1, 0.15) is 34.0 Å². The Labute approximate surface area is 223 Å². The normalized spacial score (nSPS) is 14.4. The van der Waals surface area contributed by atoms with Crippen LogP contribution in [0.5, 0.6) is 11.5 Å². The Morgan fingerprint density at radius 3 is 2.53 bits per heavy atom. The van der Waals surface area contributed by atoms with Gasteiger partial charge >= 0.3 is 5.97 Å². The summed E-state index contributed by atoms with van der Waals surface area (Å²) in [6.45, 7) is 4.49. The highest BCUT2D eigenvalue weighted by molar-refractivity contribution is 8.27. The molecule has 0 radical (unpaired) electrons. The lowest BCUT2D eigenvalue weighted by molar-refractivity contribution is -0.113. The van der Waals surface area contributed by atoms with Crippen LogP contribution in [0.25, 0.3) is 6.08 Å². The van der Waals surface area contributed by atoms with Crippen LogP contribution in [0, 0.1) is 6.92 Å². The van der Waals surface area contributed by atoms with E-state index in [4.69, 9.17) is 33.3 Å². The zero-order valence-corrected chi connectivity index (χ0v) is 21.9. The predicted molar refractivity (Wildman–Crippen MR) is 147 cm³/mol. The van der Waals surface area contributed by atoms with Gasteiger partial charge in [0, 0.05) is 5.02 Å². The number of aromatic carboxylic acids is 1. The van der Waals surface area contributed by atoms with Gasteiger partial charge in [0.2, 0.25) is 0 Å². The van der Waals surface area contributed by atoms with E-state index in [0.717, 1.165) is 16.7 Å². The third kappa shape index (κ3) is 5.73. The highest BCUT2D eigenvalue weighted by atomic mass is 35.5. The minimum atomic E-state index is -1.07. The number of amides is 1. The summed E-state index contributed by atoms with van der Waals surface area (Å²) in [5.74, 6) is -0.242. The molecule has 4 rings (SSSR count). The lowest BCUT2D eigenvalue weighted by Crippen LogP contribution is -2.28. The average molecular weight is 540 g/mol. The number of hydrogen-bond acceptors (Lipinski definition) is 6. The quantitative estimate of drug-likeness (QED) is 0.251. The van der Waals surface area contributed by atoms with Crippen molar-refractivity contribution in [1.29, 1.82) is 0 Å². The molecule has 1 aliphatic heterocycles. The van der Waals surface area contributed by atoms with Crippen molar-refractivity contribution in [3.63, 3.8) is 0 Å². The highest BCUT2D eigenvalue weighted by Gasteiger charge is 2.34. The molecule has 9 heteroatoms. The topological polar surface area (TPSA) is 76.1 Å². The van der Waals surface area contributed by atoms with Gasteiger partial charge in [0.15, 0.2) is 15.8 Å². The van der Waals surface area contributed by atoms with Gasteiger partial charge in [0.05, 0.1) is 22.8 Å². The van der Waals surface area contributed by atoms with E-state index in [1.807, 2.05) is 43.3 Å². The van der Waals surface area contributed by atoms with Gasteiger partial charge in [-0.15, -0.1) is 0 Å². The van der Waals surface area contributed by atoms with Crippen LogP contribution in [-0.2, 0) is 11.4 Å². The third-order valence-corrected chi connectivity index (χ3v) is 6.92. The van der Waals surface area contributed by atoms with E-state index in [9.17, 15) is 14.7 Å². The predicted octanol–water partition coefficient (Wildman–Crippen LogP) is 6.73. The second-order valence-corrected chi connectivity index (χ2v) is 9.99. The number of thiocarbonyl (C=S) groups is 1. The minimum Gasteiger partial charge on any atom is -0.490 e. The molecule has 0 aromatic heterocycles. The molecule has 0 bridgehead atoms. The number of rotatable bonds is 8. The summed E-state index contributed by atoms with van der Waals surface area (Å²) < 4.78 is 12.1. The van der Waals surface area contributed by atoms with E-state index in [2.05, 4.69) is 0 Å². The standard InChI is InChI=1S/C27H22ClNO5S2/c1-3-33-23-12-18(7-11-22(23)34-15-17-5-9-20(28)10-6-17)13-24-25(30)29(27(35)36-24)21-14-19(26(31)32)8-4-16(21)2/h4-14H,3,15H2,1-2H3,(H,31,32)/b24-13-. The molecule has 0 unspecified atom stereocenters. The first kappa shape index (κ1) is 25.8. The summed E-state index contributed by atoms with van der Waals surface area (Å²) in [5.41, 5.74) is 3.01. The van der Waals surface area contributed by atoms with Gasteiger partial charge in [-0.1, -0.05) is 59.8 Å². The van der Waals surface area contributed by atoms with Crippen molar-refractivity contribution >= 4 is 63.5 Å². The zero-order chi connectivity index (χ0) is 25.8. The Kier molecular flexibility index (Phi) is 7.98. The number of ether oxygens (including phenoxy) is 2. The lowest BCUT2D eigenvalue weighted by atomic mass is 10.1. The average Bonchev–Trinajstić information content (AvgIpc) is 3.12. The first-order valence-corrected chi connectivity index (χ1v) is 12.6. The molecule has 1 saturated heterocycles. The number of carbonyl (C=O) groups is 2. The molecular formula is C27H22ClNO5S2. The Hall–Kier alpha value is -3.33. The fourth-order valence-electron chi connectivity index (χ4n) is 3.55. The Bertz CT molecular complexity index is 1370. The first-order chi connectivity index (χ1) is 17.3. The van der Waals surface area contributed by atoms with Crippen molar-refractivity contribution < 1.29 is 24.2 Å². The van der Waals surface area contributed by atoms with Crippen LogP contribution >= 0.6 is 35.6 Å². The van der Waals surface area contributed by atoms with Gasteiger partial charge < -0.3 is 14.6 Å². The SMILES string of the molecule is CCOc1cc(/C=C2\SC(=S)N(c3cc(C(=O)O)ccc3C)C2=O)ccc1OCc1ccc(Cl)cc1. The summed E-state index contributed by atoms with van der Waals surface area (Å²) in [6.07, 6.45) is 1.74. The Morgan fingerprint density at radius 2 is 1.83 bits per heavy atom. The number of anilines is 1. The van der Waals surface area contributed by atoms with Crippen LogP contribution < -0.4 is 14.4 Å². The van der Waals surface area contributed by atoms with Crippen molar-refractivity contribution in [3.05, 3.63) is 92.8 Å². The third-order valence-electron chi connectivity index (χ3n) is 5.36. The van der Waals surface area contributed by atoms with Crippen molar-refractivity contribution in [3.8, 4) is 11.5 Å². The van der Waals surface area contributed by atoms with Gasteiger partial charge in [-0.3, -0.25) is 9.69 Å². The molecule has 1 heterocycles. The number of thioether (sulfide) groups is 1. The number of carbonyl (C=O) groups excluding carboxylic acids is 1. The molecule has 0 atom stereocenters. The molecular weight excluding hydrogens is 518 g/mol. The van der Waals surface area contributed by atoms with E-state index in [0.29, 0.717) is 44.6 Å². The fourth-order valence-corrected chi connectivity index (χ4v) is 4.96. The fraction of sp³-hybridized carbons (Fsp3) is 0.148. The first-order valence-electron chi connectivity index (χ1n) is 11.0. The Balaban J connectivity index is 1.58. The molecule has 184 valence electrons. The molecule has 1 N–H and O–H groups in total. The number of carboxylic acid groups (broad SMARTS) is 1. The van der Waals surface area contributed by atoms with Crippen molar-refractivity contribution in [2.75, 3.05) is 11.5 Å². The smallest absolute Gasteiger partial charge is 0.335 e. The maximum absolute atomic E-state index is 13.3. The molecule has 3 aromatic carbocycles. The van der Waals surface area contributed by atoms with Crippen LogP contribution in [0.3, 0.4) is 0 Å². The monoisotopic (exact) mass is 539 g/mol. The van der Waals surface area contributed by atoms with Gasteiger partial charge in [-0.2, -0.15) is 0 Å². The van der Waals surface area contributed by atoms with Crippen LogP contribution in [0.15, 0.2) is 65.6 Å². The molecule has 1 fully saturated rings. The number of halogens is 1. The maximum atomic E-state index is 13.3. The summed E-state index contributed by atoms with van der Waals surface area (Å²) in [7, 11) is 0. The summed E-state index contributed by atoms with van der Waals surface area (Å²) in [6, 6.07) is 17.5. The molecule has 1 aliphatic rings. The molecule has 3 aromatic rings. The van der Waals surface area contributed by atoms with Gasteiger partial charge in [0.1, 0.15) is 6.61 Å². The molecule has 6 nitrogen and oxygen atoms in total. The van der Waals surface area contributed by atoms with E-state index in [1.165, 1.54) is 28.8 Å². The van der Waals surface area contributed by atoms with E-state index < -0.39 is 5.97 Å². The number of carboxylic acids is 1.